The zero-order valence-corrected chi connectivity index (χ0v) is 19.6. The monoisotopic (exact) mass is 497 g/mol. The van der Waals surface area contributed by atoms with Crippen molar-refractivity contribution in [3.63, 3.8) is 0 Å². The maximum absolute atomic E-state index is 12.9. The SMILES string of the molecule is O=C(c1cccnc1)N1CCC(n2ncc3nc(NCc4ccc(Cl)c(Cl)c4)[nH]c(=O)c32)CC1. The van der Waals surface area contributed by atoms with Gasteiger partial charge < -0.3 is 10.2 Å². The minimum absolute atomic E-state index is 0.00775. The largest absolute Gasteiger partial charge is 0.352 e. The molecule has 0 saturated carbocycles. The number of hydrogen-bond acceptors (Lipinski definition) is 6. The van der Waals surface area contributed by atoms with E-state index in [1.165, 1.54) is 0 Å². The lowest BCUT2D eigenvalue weighted by molar-refractivity contribution is 0.0691. The molecule has 0 radical (unpaired) electrons. The lowest BCUT2D eigenvalue weighted by Gasteiger charge is -2.32. The van der Waals surface area contributed by atoms with Gasteiger partial charge in [0, 0.05) is 32.0 Å². The number of carbonyl (C=O) groups excluding carboxylic acids is 1. The fourth-order valence-corrected chi connectivity index (χ4v) is 4.47. The minimum atomic E-state index is -0.270. The van der Waals surface area contributed by atoms with Crippen molar-refractivity contribution < 1.29 is 4.79 Å². The van der Waals surface area contributed by atoms with Crippen molar-refractivity contribution in [3.05, 3.63) is 80.4 Å². The van der Waals surface area contributed by atoms with Gasteiger partial charge in [-0.25, -0.2) is 4.98 Å². The third-order valence-electron chi connectivity index (χ3n) is 5.91. The number of halogens is 2. The Kier molecular flexibility index (Phi) is 6.21. The lowest BCUT2D eigenvalue weighted by atomic mass is 10.0. The van der Waals surface area contributed by atoms with Crippen LogP contribution in [0.5, 0.6) is 0 Å². The second-order valence-electron chi connectivity index (χ2n) is 8.10. The Balaban J connectivity index is 1.28. The highest BCUT2D eigenvalue weighted by Gasteiger charge is 2.27. The van der Waals surface area contributed by atoms with Crippen LogP contribution in [0.25, 0.3) is 11.0 Å². The number of nitrogens with one attached hydrogen (secondary N) is 2. The number of piperidine rings is 1. The van der Waals surface area contributed by atoms with Gasteiger partial charge in [-0.2, -0.15) is 5.10 Å². The van der Waals surface area contributed by atoms with Gasteiger partial charge in [0.15, 0.2) is 5.52 Å². The van der Waals surface area contributed by atoms with Gasteiger partial charge >= 0.3 is 0 Å². The number of likely N-dealkylation sites (tertiary alicyclic amines) is 1. The number of pyridine rings is 1. The zero-order valence-electron chi connectivity index (χ0n) is 18.0. The summed E-state index contributed by atoms with van der Waals surface area (Å²) in [7, 11) is 0. The average molecular weight is 498 g/mol. The van der Waals surface area contributed by atoms with Gasteiger partial charge in [0.1, 0.15) is 5.52 Å². The molecule has 2 N–H and O–H groups in total. The fourth-order valence-electron chi connectivity index (χ4n) is 4.15. The smallest absolute Gasteiger partial charge is 0.278 e. The zero-order chi connectivity index (χ0) is 23.7. The van der Waals surface area contributed by atoms with E-state index >= 15 is 0 Å². The summed E-state index contributed by atoms with van der Waals surface area (Å²) in [5.74, 6) is 0.314. The summed E-state index contributed by atoms with van der Waals surface area (Å²) in [5.41, 5.74) is 2.15. The van der Waals surface area contributed by atoms with Crippen LogP contribution in [0.15, 0.2) is 53.7 Å². The molecule has 0 atom stereocenters. The Morgan fingerprint density at radius 1 is 1.15 bits per heavy atom. The number of aromatic nitrogens is 5. The first-order chi connectivity index (χ1) is 16.5. The van der Waals surface area contributed by atoms with Gasteiger partial charge in [-0.3, -0.25) is 24.2 Å². The molecular formula is C23H21Cl2N7O2. The van der Waals surface area contributed by atoms with Crippen LogP contribution in [-0.4, -0.2) is 48.6 Å². The molecule has 0 unspecified atom stereocenters. The van der Waals surface area contributed by atoms with E-state index in [4.69, 9.17) is 23.2 Å². The van der Waals surface area contributed by atoms with Crippen LogP contribution >= 0.6 is 23.2 Å². The number of H-pyrrole nitrogens is 1. The number of anilines is 1. The molecule has 1 aromatic carbocycles. The van der Waals surface area contributed by atoms with Crippen LogP contribution < -0.4 is 10.9 Å². The van der Waals surface area contributed by atoms with Crippen LogP contribution in [0.3, 0.4) is 0 Å². The molecule has 34 heavy (non-hydrogen) atoms. The molecule has 174 valence electrons. The maximum atomic E-state index is 12.9. The van der Waals surface area contributed by atoms with Crippen molar-refractivity contribution in [3.8, 4) is 0 Å². The molecule has 1 saturated heterocycles. The van der Waals surface area contributed by atoms with E-state index in [1.807, 2.05) is 11.0 Å². The van der Waals surface area contributed by atoms with E-state index in [0.29, 0.717) is 65.1 Å². The first kappa shape index (κ1) is 22.4. The topological polar surface area (TPSA) is 109 Å². The van der Waals surface area contributed by atoms with Crippen LogP contribution in [0.4, 0.5) is 5.95 Å². The number of carbonyl (C=O) groups is 1. The van der Waals surface area contributed by atoms with E-state index in [1.54, 1.807) is 47.5 Å². The van der Waals surface area contributed by atoms with Crippen molar-refractivity contribution in [1.82, 2.24) is 29.6 Å². The summed E-state index contributed by atoms with van der Waals surface area (Å²) in [5, 5.41) is 8.51. The summed E-state index contributed by atoms with van der Waals surface area (Å²) in [6.45, 7) is 1.58. The normalized spacial score (nSPS) is 14.5. The second kappa shape index (κ2) is 9.44. The van der Waals surface area contributed by atoms with Crippen LogP contribution in [0, 0.1) is 0 Å². The van der Waals surface area contributed by atoms with Gasteiger partial charge in [-0.15, -0.1) is 0 Å². The molecule has 0 aliphatic carbocycles. The Labute approximate surface area is 204 Å². The molecule has 0 spiro atoms. The molecule has 11 heteroatoms. The van der Waals surface area contributed by atoms with Gasteiger partial charge in [-0.1, -0.05) is 29.3 Å². The summed E-state index contributed by atoms with van der Waals surface area (Å²) in [6.07, 6.45) is 6.21. The standard InChI is InChI=1S/C23H21Cl2N7O2/c24-17-4-3-14(10-18(17)25)11-27-23-29-19-13-28-32(20(19)21(33)30-23)16-5-8-31(9-6-16)22(34)15-2-1-7-26-12-15/h1-4,7,10,12-13,16H,5-6,8-9,11H2,(H2,27,29,30,33). The number of fused-ring (bicyclic) bond motifs is 1. The number of amides is 1. The Morgan fingerprint density at radius 2 is 1.97 bits per heavy atom. The quantitative estimate of drug-likeness (QED) is 0.432. The number of aromatic amines is 1. The summed E-state index contributed by atoms with van der Waals surface area (Å²) in [4.78, 5) is 38.7. The number of hydrogen-bond donors (Lipinski definition) is 2. The third-order valence-corrected chi connectivity index (χ3v) is 6.64. The molecule has 1 aliphatic heterocycles. The van der Waals surface area contributed by atoms with Gasteiger partial charge in [0.25, 0.3) is 11.5 Å². The minimum Gasteiger partial charge on any atom is -0.352 e. The summed E-state index contributed by atoms with van der Waals surface area (Å²) >= 11 is 12.0. The predicted molar refractivity (Wildman–Crippen MR) is 130 cm³/mol. The van der Waals surface area contributed by atoms with Crippen molar-refractivity contribution in [1.29, 1.82) is 0 Å². The lowest BCUT2D eigenvalue weighted by Crippen LogP contribution is -2.39. The van der Waals surface area contributed by atoms with Gasteiger partial charge in [0.05, 0.1) is 27.8 Å². The number of nitrogens with zero attached hydrogens (tertiary/aromatic N) is 5. The highest BCUT2D eigenvalue weighted by molar-refractivity contribution is 6.42. The van der Waals surface area contributed by atoms with Crippen molar-refractivity contribution >= 4 is 46.1 Å². The first-order valence-electron chi connectivity index (χ1n) is 10.8. The molecule has 4 aromatic rings. The van der Waals surface area contributed by atoms with E-state index in [-0.39, 0.29) is 17.5 Å². The maximum Gasteiger partial charge on any atom is 0.278 e. The molecule has 0 bridgehead atoms. The van der Waals surface area contributed by atoms with E-state index in [0.717, 1.165) is 5.56 Å². The second-order valence-corrected chi connectivity index (χ2v) is 8.92. The Bertz CT molecular complexity index is 1400. The molecule has 1 amide bonds. The van der Waals surface area contributed by atoms with E-state index < -0.39 is 0 Å². The van der Waals surface area contributed by atoms with Crippen LogP contribution in [0.2, 0.25) is 10.0 Å². The third kappa shape index (κ3) is 4.49. The van der Waals surface area contributed by atoms with E-state index in [2.05, 4.69) is 25.4 Å². The molecule has 4 heterocycles. The van der Waals surface area contributed by atoms with Gasteiger partial charge in [-0.05, 0) is 42.7 Å². The first-order valence-corrected chi connectivity index (χ1v) is 11.6. The Hall–Kier alpha value is -3.43. The van der Waals surface area contributed by atoms with E-state index in [9.17, 15) is 9.59 Å². The van der Waals surface area contributed by atoms with Crippen molar-refractivity contribution in [2.45, 2.75) is 25.4 Å². The fraction of sp³-hybridized carbons (Fsp3) is 0.261. The van der Waals surface area contributed by atoms with Crippen LogP contribution in [0.1, 0.15) is 34.8 Å². The Morgan fingerprint density at radius 3 is 2.71 bits per heavy atom. The van der Waals surface area contributed by atoms with Crippen LogP contribution in [-0.2, 0) is 6.54 Å². The molecular weight excluding hydrogens is 477 g/mol. The predicted octanol–water partition coefficient (Wildman–Crippen LogP) is 3.91. The van der Waals surface area contributed by atoms with Crippen molar-refractivity contribution in [2.75, 3.05) is 18.4 Å². The average Bonchev–Trinajstić information content (AvgIpc) is 3.30. The summed E-state index contributed by atoms with van der Waals surface area (Å²) in [6, 6.07) is 8.86. The molecule has 1 fully saturated rings. The highest BCUT2D eigenvalue weighted by atomic mass is 35.5. The molecule has 5 rings (SSSR count). The molecule has 9 nitrogen and oxygen atoms in total. The summed E-state index contributed by atoms with van der Waals surface area (Å²) < 4.78 is 1.73. The number of rotatable bonds is 5. The van der Waals surface area contributed by atoms with Crippen molar-refractivity contribution in [2.24, 2.45) is 0 Å². The van der Waals surface area contributed by atoms with Gasteiger partial charge in [0.2, 0.25) is 5.95 Å². The highest BCUT2D eigenvalue weighted by Crippen LogP contribution is 2.26. The molecule has 3 aromatic heterocycles. The molecule has 1 aliphatic rings. The number of benzene rings is 1.